The monoisotopic (exact) mass is 309 g/mol. The van der Waals surface area contributed by atoms with Crippen LogP contribution >= 0.6 is 22.9 Å². The molecule has 0 saturated carbocycles. The molecule has 1 aromatic carbocycles. The van der Waals surface area contributed by atoms with Crippen molar-refractivity contribution in [3.8, 4) is 0 Å². The molecule has 0 atom stereocenters. The predicted molar refractivity (Wildman–Crippen MR) is 85.6 cm³/mol. The van der Waals surface area contributed by atoms with Crippen molar-refractivity contribution in [2.24, 2.45) is 0 Å². The first-order chi connectivity index (χ1) is 9.65. The largest absolute Gasteiger partial charge is 0.315 e. The molecule has 1 heterocycles. The first kappa shape index (κ1) is 15.4. The van der Waals surface area contributed by atoms with Gasteiger partial charge in [0.1, 0.15) is 10.0 Å². The predicted octanol–water partition coefficient (Wildman–Crippen LogP) is 3.71. The van der Waals surface area contributed by atoms with Crippen LogP contribution in [0.15, 0.2) is 24.3 Å². The summed E-state index contributed by atoms with van der Waals surface area (Å²) in [5.41, 5.74) is 1.11. The maximum absolute atomic E-state index is 6.16. The van der Waals surface area contributed by atoms with Gasteiger partial charge in [-0.2, -0.15) is 0 Å². The number of hydrogen-bond donors (Lipinski definition) is 1. The van der Waals surface area contributed by atoms with Gasteiger partial charge in [0.2, 0.25) is 0 Å². The van der Waals surface area contributed by atoms with Crippen LogP contribution in [0.2, 0.25) is 5.02 Å². The smallest absolute Gasteiger partial charge is 0.121 e. The summed E-state index contributed by atoms with van der Waals surface area (Å²) in [6, 6.07) is 8.44. The van der Waals surface area contributed by atoms with E-state index in [1.165, 1.54) is 0 Å². The Hall–Kier alpha value is -0.970. The summed E-state index contributed by atoms with van der Waals surface area (Å²) in [6.45, 7) is 5.34. The van der Waals surface area contributed by atoms with E-state index in [4.69, 9.17) is 11.6 Å². The van der Waals surface area contributed by atoms with Crippen molar-refractivity contribution < 1.29 is 0 Å². The molecule has 2 rings (SSSR count). The molecule has 0 radical (unpaired) electrons. The molecule has 0 spiro atoms. The Bertz CT molecular complexity index is 539. The van der Waals surface area contributed by atoms with E-state index in [0.717, 1.165) is 46.4 Å². The van der Waals surface area contributed by atoms with Crippen LogP contribution in [-0.2, 0) is 12.8 Å². The quantitative estimate of drug-likeness (QED) is 0.792. The molecule has 3 nitrogen and oxygen atoms in total. The van der Waals surface area contributed by atoms with Gasteiger partial charge in [0.25, 0.3) is 0 Å². The fourth-order valence-corrected chi connectivity index (χ4v) is 3.01. The summed E-state index contributed by atoms with van der Waals surface area (Å²) in [6.07, 6.45) is 2.85. The van der Waals surface area contributed by atoms with Gasteiger partial charge in [-0.1, -0.05) is 43.6 Å². The zero-order valence-corrected chi connectivity index (χ0v) is 13.5. The van der Waals surface area contributed by atoms with E-state index in [9.17, 15) is 0 Å². The molecule has 0 aliphatic carbocycles. The molecule has 1 N–H and O–H groups in total. The van der Waals surface area contributed by atoms with Gasteiger partial charge in [-0.3, -0.25) is 0 Å². The van der Waals surface area contributed by atoms with Gasteiger partial charge in [0.05, 0.1) is 0 Å². The Balaban J connectivity index is 1.85. The van der Waals surface area contributed by atoms with E-state index in [1.807, 2.05) is 24.3 Å². The highest BCUT2D eigenvalue weighted by molar-refractivity contribution is 7.11. The second-order valence-corrected chi connectivity index (χ2v) is 6.62. The van der Waals surface area contributed by atoms with Gasteiger partial charge in [-0.15, -0.1) is 21.5 Å². The first-order valence-corrected chi connectivity index (χ1v) is 8.12. The molecule has 0 unspecified atom stereocenters. The van der Waals surface area contributed by atoms with Crippen molar-refractivity contribution in [1.29, 1.82) is 0 Å². The van der Waals surface area contributed by atoms with Crippen molar-refractivity contribution in [3.63, 3.8) is 0 Å². The van der Waals surface area contributed by atoms with Gasteiger partial charge in [0.15, 0.2) is 0 Å². The number of aryl methyl sites for hydroxylation is 1. The van der Waals surface area contributed by atoms with Crippen LogP contribution in [0, 0.1) is 0 Å². The highest BCUT2D eigenvalue weighted by Gasteiger charge is 2.07. The van der Waals surface area contributed by atoms with Gasteiger partial charge in [0, 0.05) is 23.9 Å². The molecule has 0 aliphatic rings. The average molecular weight is 310 g/mol. The third-order valence-electron chi connectivity index (χ3n) is 2.93. The van der Waals surface area contributed by atoms with Gasteiger partial charge in [-0.25, -0.2) is 0 Å². The van der Waals surface area contributed by atoms with Gasteiger partial charge in [-0.05, 0) is 24.6 Å². The molecule has 2 aromatic rings. The summed E-state index contributed by atoms with van der Waals surface area (Å²) in [4.78, 5) is 0. The number of halogens is 1. The van der Waals surface area contributed by atoms with Crippen LogP contribution < -0.4 is 5.32 Å². The SMILES string of the molecule is CC(C)NCCCc1nnc(Cc2ccccc2Cl)s1. The van der Waals surface area contributed by atoms with E-state index >= 15 is 0 Å². The molecule has 108 valence electrons. The molecule has 20 heavy (non-hydrogen) atoms. The molecule has 1 aromatic heterocycles. The van der Waals surface area contributed by atoms with E-state index < -0.39 is 0 Å². The average Bonchev–Trinajstić information content (AvgIpc) is 2.85. The Labute approximate surface area is 129 Å². The Morgan fingerprint density at radius 2 is 1.95 bits per heavy atom. The summed E-state index contributed by atoms with van der Waals surface area (Å²) >= 11 is 7.85. The van der Waals surface area contributed by atoms with Crippen LogP contribution in [0.1, 0.15) is 35.8 Å². The highest BCUT2D eigenvalue weighted by atomic mass is 35.5. The van der Waals surface area contributed by atoms with Crippen LogP contribution in [0.25, 0.3) is 0 Å². The summed E-state index contributed by atoms with van der Waals surface area (Å²) < 4.78 is 0. The minimum absolute atomic E-state index is 0.542. The fraction of sp³-hybridized carbons (Fsp3) is 0.467. The third-order valence-corrected chi connectivity index (χ3v) is 4.28. The maximum Gasteiger partial charge on any atom is 0.121 e. The molecule has 0 fully saturated rings. The Kier molecular flexibility index (Phi) is 5.95. The lowest BCUT2D eigenvalue weighted by molar-refractivity contribution is 0.569. The van der Waals surface area contributed by atoms with Crippen molar-refractivity contribution in [1.82, 2.24) is 15.5 Å². The number of nitrogens with zero attached hydrogens (tertiary/aromatic N) is 2. The number of rotatable bonds is 7. The number of benzene rings is 1. The molecule has 0 bridgehead atoms. The second kappa shape index (κ2) is 7.72. The Morgan fingerprint density at radius 1 is 1.20 bits per heavy atom. The summed E-state index contributed by atoms with van der Waals surface area (Å²) in [5, 5.41) is 14.9. The molecule has 5 heteroatoms. The van der Waals surface area contributed by atoms with Crippen molar-refractivity contribution in [3.05, 3.63) is 44.9 Å². The van der Waals surface area contributed by atoms with E-state index in [1.54, 1.807) is 11.3 Å². The molecule has 0 amide bonds. The van der Waals surface area contributed by atoms with Crippen molar-refractivity contribution >= 4 is 22.9 Å². The number of aromatic nitrogens is 2. The van der Waals surface area contributed by atoms with Crippen molar-refractivity contribution in [2.75, 3.05) is 6.54 Å². The standard InChI is InChI=1S/C15H20ClN3S/c1-11(2)17-9-5-8-14-18-19-15(20-14)10-12-6-3-4-7-13(12)16/h3-4,6-7,11,17H,5,8-10H2,1-2H3. The molecular weight excluding hydrogens is 290 g/mol. The lowest BCUT2D eigenvalue weighted by Crippen LogP contribution is -2.23. The third kappa shape index (κ3) is 4.85. The second-order valence-electron chi connectivity index (χ2n) is 5.07. The molecule has 0 aliphatic heterocycles. The summed E-state index contributed by atoms with van der Waals surface area (Å²) in [5.74, 6) is 0. The maximum atomic E-state index is 6.16. The normalized spacial score (nSPS) is 11.2. The zero-order valence-electron chi connectivity index (χ0n) is 11.9. The minimum atomic E-state index is 0.542. The van der Waals surface area contributed by atoms with Crippen LogP contribution in [0.3, 0.4) is 0 Å². The van der Waals surface area contributed by atoms with E-state index in [-0.39, 0.29) is 0 Å². The highest BCUT2D eigenvalue weighted by Crippen LogP contribution is 2.21. The lowest BCUT2D eigenvalue weighted by atomic mass is 10.2. The zero-order chi connectivity index (χ0) is 14.4. The van der Waals surface area contributed by atoms with Crippen LogP contribution in [-0.4, -0.2) is 22.8 Å². The fourth-order valence-electron chi connectivity index (χ4n) is 1.90. The molecule has 0 saturated heterocycles. The van der Waals surface area contributed by atoms with Crippen LogP contribution in [0.4, 0.5) is 0 Å². The lowest BCUT2D eigenvalue weighted by Gasteiger charge is -2.05. The van der Waals surface area contributed by atoms with E-state index in [0.29, 0.717) is 6.04 Å². The molecular formula is C15H20ClN3S. The van der Waals surface area contributed by atoms with Gasteiger partial charge < -0.3 is 5.32 Å². The van der Waals surface area contributed by atoms with Crippen LogP contribution in [0.5, 0.6) is 0 Å². The summed E-state index contributed by atoms with van der Waals surface area (Å²) in [7, 11) is 0. The minimum Gasteiger partial charge on any atom is -0.315 e. The van der Waals surface area contributed by atoms with E-state index in [2.05, 4.69) is 29.4 Å². The Morgan fingerprint density at radius 3 is 2.70 bits per heavy atom. The number of hydrogen-bond acceptors (Lipinski definition) is 4. The van der Waals surface area contributed by atoms with Gasteiger partial charge >= 0.3 is 0 Å². The topological polar surface area (TPSA) is 37.8 Å². The first-order valence-electron chi connectivity index (χ1n) is 6.93. The number of nitrogens with one attached hydrogen (secondary N) is 1. The van der Waals surface area contributed by atoms with Crippen molar-refractivity contribution in [2.45, 2.75) is 39.2 Å².